The third-order valence-corrected chi connectivity index (χ3v) is 2.46. The monoisotopic (exact) mass is 281 g/mol. The Labute approximate surface area is 114 Å². The lowest BCUT2D eigenvalue weighted by Gasteiger charge is -2.14. The molecule has 0 aliphatic rings. The fourth-order valence-electron chi connectivity index (χ4n) is 1.47. The predicted molar refractivity (Wildman–Crippen MR) is 70.4 cm³/mol. The fraction of sp³-hybridized carbons (Fsp3) is 0.250. The zero-order chi connectivity index (χ0) is 15.3. The molecule has 0 radical (unpaired) electrons. The number of carboxylic acids is 1. The summed E-state index contributed by atoms with van der Waals surface area (Å²) >= 11 is 0. The second-order valence-electron chi connectivity index (χ2n) is 3.99. The molecule has 2 amide bonds. The number of primary amides is 1. The summed E-state index contributed by atoms with van der Waals surface area (Å²) in [7, 11) is 1.37. The van der Waals surface area contributed by atoms with Gasteiger partial charge in [0.05, 0.1) is 30.8 Å². The lowest BCUT2D eigenvalue weighted by atomic mass is 10.1. The van der Waals surface area contributed by atoms with Crippen LogP contribution in [-0.4, -0.2) is 36.0 Å². The maximum Gasteiger partial charge on any atom is 0.335 e. The third kappa shape index (κ3) is 3.95. The highest BCUT2D eigenvalue weighted by atomic mass is 16.5. The smallest absolute Gasteiger partial charge is 0.335 e. The highest BCUT2D eigenvalue weighted by Gasteiger charge is 2.18. The molecular weight excluding hydrogens is 266 g/mol. The molecule has 0 spiro atoms. The van der Waals surface area contributed by atoms with Crippen LogP contribution in [0.4, 0.5) is 5.69 Å². The van der Waals surface area contributed by atoms with Gasteiger partial charge in [0.25, 0.3) is 0 Å². The fourth-order valence-corrected chi connectivity index (χ4v) is 1.47. The van der Waals surface area contributed by atoms with E-state index in [4.69, 9.17) is 21.3 Å². The van der Waals surface area contributed by atoms with Gasteiger partial charge in [-0.1, -0.05) is 0 Å². The number of nitrogens with two attached hydrogens (primary N) is 2. The van der Waals surface area contributed by atoms with Crippen molar-refractivity contribution in [2.45, 2.75) is 12.5 Å². The number of carbonyl (C=O) groups excluding carboxylic acids is 2. The van der Waals surface area contributed by atoms with Crippen LogP contribution in [0, 0.1) is 0 Å². The van der Waals surface area contributed by atoms with E-state index in [-0.39, 0.29) is 23.4 Å². The van der Waals surface area contributed by atoms with Gasteiger partial charge in [0, 0.05) is 0 Å². The van der Waals surface area contributed by atoms with Gasteiger partial charge in [-0.3, -0.25) is 9.59 Å². The first-order valence-corrected chi connectivity index (χ1v) is 5.61. The van der Waals surface area contributed by atoms with Crippen molar-refractivity contribution in [3.8, 4) is 5.75 Å². The molecule has 1 rings (SSSR count). The number of nitrogens with one attached hydrogen (secondary N) is 1. The van der Waals surface area contributed by atoms with E-state index in [2.05, 4.69) is 5.32 Å². The zero-order valence-corrected chi connectivity index (χ0v) is 10.8. The van der Waals surface area contributed by atoms with Gasteiger partial charge in [0.1, 0.15) is 5.75 Å². The molecule has 0 aliphatic carbocycles. The minimum Gasteiger partial charge on any atom is -0.495 e. The Hall–Kier alpha value is -2.61. The quantitative estimate of drug-likeness (QED) is 0.555. The maximum absolute atomic E-state index is 11.8. The van der Waals surface area contributed by atoms with Crippen LogP contribution in [0.1, 0.15) is 16.8 Å². The summed E-state index contributed by atoms with van der Waals surface area (Å²) in [5.41, 5.74) is 10.6. The van der Waals surface area contributed by atoms with E-state index in [1.807, 2.05) is 0 Å². The number of hydrogen-bond acceptors (Lipinski definition) is 5. The van der Waals surface area contributed by atoms with Crippen LogP contribution in [0.5, 0.6) is 5.75 Å². The average Bonchev–Trinajstić information content (AvgIpc) is 2.37. The van der Waals surface area contributed by atoms with Crippen LogP contribution < -0.4 is 21.5 Å². The van der Waals surface area contributed by atoms with Crippen molar-refractivity contribution < 1.29 is 24.2 Å². The molecule has 0 heterocycles. The summed E-state index contributed by atoms with van der Waals surface area (Å²) in [6, 6.07) is 2.85. The number of methoxy groups -OCH3 is 1. The van der Waals surface area contributed by atoms with E-state index < -0.39 is 23.8 Å². The molecule has 20 heavy (non-hydrogen) atoms. The van der Waals surface area contributed by atoms with Gasteiger partial charge in [-0.25, -0.2) is 4.79 Å². The Bertz CT molecular complexity index is 544. The van der Waals surface area contributed by atoms with E-state index in [1.165, 1.54) is 25.3 Å². The topological polar surface area (TPSA) is 145 Å². The van der Waals surface area contributed by atoms with Gasteiger partial charge in [-0.15, -0.1) is 0 Å². The summed E-state index contributed by atoms with van der Waals surface area (Å²) < 4.78 is 5.00. The maximum atomic E-state index is 11.8. The average molecular weight is 281 g/mol. The summed E-state index contributed by atoms with van der Waals surface area (Å²) in [5, 5.41) is 11.3. The molecule has 0 bridgehead atoms. The summed E-state index contributed by atoms with van der Waals surface area (Å²) in [6.07, 6.45) is -0.313. The molecule has 8 nitrogen and oxygen atoms in total. The predicted octanol–water partition coefficient (Wildman–Crippen LogP) is -0.465. The largest absolute Gasteiger partial charge is 0.495 e. The molecule has 1 atom stereocenters. The van der Waals surface area contributed by atoms with Crippen molar-refractivity contribution in [1.29, 1.82) is 0 Å². The Kier molecular flexibility index (Phi) is 5.04. The van der Waals surface area contributed by atoms with E-state index in [1.54, 1.807) is 0 Å². The number of rotatable bonds is 6. The Morgan fingerprint density at radius 3 is 2.55 bits per heavy atom. The van der Waals surface area contributed by atoms with Gasteiger partial charge >= 0.3 is 5.97 Å². The van der Waals surface area contributed by atoms with E-state index in [0.29, 0.717) is 0 Å². The van der Waals surface area contributed by atoms with E-state index >= 15 is 0 Å². The van der Waals surface area contributed by atoms with E-state index in [0.717, 1.165) is 0 Å². The van der Waals surface area contributed by atoms with Crippen molar-refractivity contribution in [3.05, 3.63) is 23.8 Å². The SMILES string of the molecule is COc1ccc(C(=O)O)cc1NC(=O)C(N)CC(N)=O. The van der Waals surface area contributed by atoms with Crippen LogP contribution in [0.2, 0.25) is 0 Å². The van der Waals surface area contributed by atoms with Crippen molar-refractivity contribution >= 4 is 23.5 Å². The van der Waals surface area contributed by atoms with Crippen LogP contribution in [0.15, 0.2) is 18.2 Å². The number of hydrogen-bond donors (Lipinski definition) is 4. The first kappa shape index (κ1) is 15.4. The molecular formula is C12H15N3O5. The minimum atomic E-state index is -1.15. The second kappa shape index (κ2) is 6.53. The molecule has 6 N–H and O–H groups in total. The normalized spacial score (nSPS) is 11.5. The van der Waals surface area contributed by atoms with Gasteiger partial charge < -0.3 is 26.6 Å². The molecule has 1 unspecified atom stereocenters. The Morgan fingerprint density at radius 1 is 1.40 bits per heavy atom. The van der Waals surface area contributed by atoms with Crippen molar-refractivity contribution in [3.63, 3.8) is 0 Å². The lowest BCUT2D eigenvalue weighted by molar-refractivity contribution is -0.123. The van der Waals surface area contributed by atoms with Gasteiger partial charge in [-0.05, 0) is 18.2 Å². The molecule has 8 heteroatoms. The molecule has 0 aromatic heterocycles. The third-order valence-electron chi connectivity index (χ3n) is 2.46. The molecule has 0 aliphatic heterocycles. The van der Waals surface area contributed by atoms with Crippen molar-refractivity contribution in [2.75, 3.05) is 12.4 Å². The summed E-state index contributed by atoms with van der Waals surface area (Å²) in [4.78, 5) is 33.3. The van der Waals surface area contributed by atoms with Crippen molar-refractivity contribution in [1.82, 2.24) is 0 Å². The van der Waals surface area contributed by atoms with Gasteiger partial charge in [0.15, 0.2) is 0 Å². The zero-order valence-electron chi connectivity index (χ0n) is 10.8. The summed E-state index contributed by atoms with van der Waals surface area (Å²) in [5.74, 6) is -2.25. The van der Waals surface area contributed by atoms with Crippen LogP contribution in [0.25, 0.3) is 0 Å². The molecule has 1 aromatic carbocycles. The number of carbonyl (C=O) groups is 3. The minimum absolute atomic E-state index is 0.0235. The number of carboxylic acid groups (broad SMARTS) is 1. The molecule has 108 valence electrons. The van der Waals surface area contributed by atoms with Crippen LogP contribution in [-0.2, 0) is 9.59 Å². The van der Waals surface area contributed by atoms with Crippen molar-refractivity contribution in [2.24, 2.45) is 11.5 Å². The van der Waals surface area contributed by atoms with Gasteiger partial charge in [0.2, 0.25) is 11.8 Å². The summed E-state index contributed by atoms with van der Waals surface area (Å²) in [6.45, 7) is 0. The number of benzene rings is 1. The van der Waals surface area contributed by atoms with Gasteiger partial charge in [-0.2, -0.15) is 0 Å². The van der Waals surface area contributed by atoms with Crippen LogP contribution >= 0.6 is 0 Å². The number of aromatic carboxylic acids is 1. The number of amides is 2. The lowest BCUT2D eigenvalue weighted by Crippen LogP contribution is -2.39. The molecule has 0 saturated carbocycles. The number of ether oxygens (including phenoxy) is 1. The number of anilines is 1. The highest BCUT2D eigenvalue weighted by molar-refractivity contribution is 5.99. The molecule has 1 aromatic rings. The molecule has 0 saturated heterocycles. The molecule has 0 fully saturated rings. The first-order valence-electron chi connectivity index (χ1n) is 5.61. The first-order chi connectivity index (χ1) is 9.35. The van der Waals surface area contributed by atoms with E-state index in [9.17, 15) is 14.4 Å². The van der Waals surface area contributed by atoms with Crippen LogP contribution in [0.3, 0.4) is 0 Å². The Morgan fingerprint density at radius 2 is 2.05 bits per heavy atom. The second-order valence-corrected chi connectivity index (χ2v) is 3.99. The Balaban J connectivity index is 2.94. The standard InChI is InChI=1S/C12H15N3O5/c1-20-9-3-2-6(12(18)19)4-8(9)15-11(17)7(13)5-10(14)16/h2-4,7H,5,13H2,1H3,(H2,14,16)(H,15,17)(H,18,19). The highest BCUT2D eigenvalue weighted by Crippen LogP contribution is 2.25.